The van der Waals surface area contributed by atoms with Gasteiger partial charge in [0.05, 0.1) is 12.2 Å². The molecule has 1 saturated carbocycles. The molecular formula is C12H18N6. The van der Waals surface area contributed by atoms with Gasteiger partial charge in [-0.25, -0.2) is 9.67 Å². The molecule has 0 aromatic carbocycles. The minimum Gasteiger partial charge on any atom is -0.368 e. The molecule has 6 heteroatoms. The highest BCUT2D eigenvalue weighted by Crippen LogP contribution is 2.40. The minimum atomic E-state index is 0.280. The first kappa shape index (κ1) is 11.4. The molecule has 1 aliphatic rings. The first-order valence-corrected chi connectivity index (χ1v) is 6.39. The number of aromatic nitrogens is 5. The van der Waals surface area contributed by atoms with Crippen LogP contribution in [0.25, 0.3) is 11.2 Å². The Balaban J connectivity index is 1.93. The van der Waals surface area contributed by atoms with Crippen LogP contribution < -0.4 is 5.73 Å². The van der Waals surface area contributed by atoms with E-state index in [1.165, 1.54) is 12.8 Å². The Kier molecular flexibility index (Phi) is 2.46. The molecular weight excluding hydrogens is 228 g/mol. The summed E-state index contributed by atoms with van der Waals surface area (Å²) in [7, 11) is 0. The van der Waals surface area contributed by atoms with Gasteiger partial charge in [-0.3, -0.25) is 0 Å². The summed E-state index contributed by atoms with van der Waals surface area (Å²) >= 11 is 0. The maximum absolute atomic E-state index is 5.63. The van der Waals surface area contributed by atoms with E-state index in [1.54, 1.807) is 6.20 Å². The second kappa shape index (κ2) is 3.90. The third kappa shape index (κ3) is 1.91. The number of rotatable bonds is 1. The third-order valence-electron chi connectivity index (χ3n) is 3.89. The lowest BCUT2D eigenvalue weighted by molar-refractivity contribution is 0.187. The molecule has 2 aromatic heterocycles. The summed E-state index contributed by atoms with van der Waals surface area (Å²) in [4.78, 5) is 8.19. The second-order valence-corrected chi connectivity index (χ2v) is 5.87. The van der Waals surface area contributed by atoms with Crippen LogP contribution in [0.15, 0.2) is 6.20 Å². The Morgan fingerprint density at radius 2 is 2.06 bits per heavy atom. The smallest absolute Gasteiger partial charge is 0.222 e. The molecule has 0 atom stereocenters. The Labute approximate surface area is 106 Å². The largest absolute Gasteiger partial charge is 0.368 e. The standard InChI is InChI=1S/C12H18N6/c1-12(2)5-3-8(4-6-12)18-10-9(16-17-18)7-14-11(13)15-10/h7-8H,3-6H2,1-2H3,(H2,13,14,15). The lowest BCUT2D eigenvalue weighted by Gasteiger charge is -2.34. The molecule has 3 rings (SSSR count). The Morgan fingerprint density at radius 1 is 1.33 bits per heavy atom. The maximum atomic E-state index is 5.63. The van der Waals surface area contributed by atoms with Crippen molar-refractivity contribution in [1.29, 1.82) is 0 Å². The van der Waals surface area contributed by atoms with Crippen molar-refractivity contribution in [2.24, 2.45) is 5.41 Å². The van der Waals surface area contributed by atoms with Gasteiger partial charge < -0.3 is 5.73 Å². The number of hydrogen-bond acceptors (Lipinski definition) is 5. The zero-order valence-corrected chi connectivity index (χ0v) is 10.8. The number of nitrogens with zero attached hydrogens (tertiary/aromatic N) is 5. The summed E-state index contributed by atoms with van der Waals surface area (Å²) in [6, 6.07) is 0.386. The normalized spacial score (nSPS) is 20.3. The van der Waals surface area contributed by atoms with Gasteiger partial charge in [-0.1, -0.05) is 19.1 Å². The van der Waals surface area contributed by atoms with Gasteiger partial charge in [-0.05, 0) is 31.1 Å². The number of hydrogen-bond donors (Lipinski definition) is 1. The van der Waals surface area contributed by atoms with Crippen LogP contribution in [0.4, 0.5) is 5.95 Å². The predicted molar refractivity (Wildman–Crippen MR) is 68.8 cm³/mol. The van der Waals surface area contributed by atoms with E-state index >= 15 is 0 Å². The summed E-state index contributed by atoms with van der Waals surface area (Å²) in [6.07, 6.45) is 6.29. The first-order valence-electron chi connectivity index (χ1n) is 6.39. The molecule has 18 heavy (non-hydrogen) atoms. The molecule has 1 aliphatic carbocycles. The SMILES string of the molecule is CC1(C)CCC(n2nnc3cnc(N)nc32)CC1. The lowest BCUT2D eigenvalue weighted by atomic mass is 9.75. The molecule has 0 aliphatic heterocycles. The zero-order valence-electron chi connectivity index (χ0n) is 10.8. The molecule has 0 radical (unpaired) electrons. The van der Waals surface area contributed by atoms with Crippen LogP contribution in [0, 0.1) is 5.41 Å². The summed E-state index contributed by atoms with van der Waals surface area (Å²) in [5, 5.41) is 8.32. The third-order valence-corrected chi connectivity index (χ3v) is 3.89. The van der Waals surface area contributed by atoms with E-state index < -0.39 is 0 Å². The predicted octanol–water partition coefficient (Wildman–Crippen LogP) is 1.94. The lowest BCUT2D eigenvalue weighted by Crippen LogP contribution is -2.24. The van der Waals surface area contributed by atoms with E-state index in [4.69, 9.17) is 5.73 Å². The molecule has 6 nitrogen and oxygen atoms in total. The van der Waals surface area contributed by atoms with Crippen molar-refractivity contribution >= 4 is 17.1 Å². The van der Waals surface area contributed by atoms with Crippen LogP contribution in [0.5, 0.6) is 0 Å². The van der Waals surface area contributed by atoms with Gasteiger partial charge in [0, 0.05) is 0 Å². The van der Waals surface area contributed by atoms with E-state index in [9.17, 15) is 0 Å². The van der Waals surface area contributed by atoms with Crippen LogP contribution in [0.2, 0.25) is 0 Å². The fourth-order valence-corrected chi connectivity index (χ4v) is 2.63. The molecule has 96 valence electrons. The minimum absolute atomic E-state index is 0.280. The maximum Gasteiger partial charge on any atom is 0.222 e. The summed E-state index contributed by atoms with van der Waals surface area (Å²) in [5.74, 6) is 0.280. The summed E-state index contributed by atoms with van der Waals surface area (Å²) in [5.41, 5.74) is 7.55. The molecule has 0 bridgehead atoms. The molecule has 1 fully saturated rings. The van der Waals surface area contributed by atoms with Gasteiger partial charge in [0.25, 0.3) is 0 Å². The molecule has 2 N–H and O–H groups in total. The molecule has 0 spiro atoms. The fraction of sp³-hybridized carbons (Fsp3) is 0.667. The first-order chi connectivity index (χ1) is 8.55. The van der Waals surface area contributed by atoms with Crippen molar-refractivity contribution in [2.75, 3.05) is 5.73 Å². The van der Waals surface area contributed by atoms with E-state index in [0.717, 1.165) is 18.5 Å². The van der Waals surface area contributed by atoms with Gasteiger partial charge in [0.15, 0.2) is 11.2 Å². The summed E-state index contributed by atoms with van der Waals surface area (Å²) in [6.45, 7) is 4.64. The van der Waals surface area contributed by atoms with Crippen LogP contribution in [0.1, 0.15) is 45.6 Å². The van der Waals surface area contributed by atoms with Crippen molar-refractivity contribution in [1.82, 2.24) is 25.0 Å². The number of nitrogens with two attached hydrogens (primary N) is 1. The number of anilines is 1. The highest BCUT2D eigenvalue weighted by molar-refractivity contribution is 5.69. The van der Waals surface area contributed by atoms with Gasteiger partial charge in [-0.2, -0.15) is 4.98 Å². The van der Waals surface area contributed by atoms with Gasteiger partial charge in [0.1, 0.15) is 0 Å². The van der Waals surface area contributed by atoms with Crippen molar-refractivity contribution in [3.8, 4) is 0 Å². The van der Waals surface area contributed by atoms with Crippen LogP contribution in [-0.4, -0.2) is 25.0 Å². The van der Waals surface area contributed by atoms with Crippen molar-refractivity contribution in [3.05, 3.63) is 6.20 Å². The monoisotopic (exact) mass is 246 g/mol. The molecule has 0 unspecified atom stereocenters. The van der Waals surface area contributed by atoms with E-state index in [0.29, 0.717) is 17.0 Å². The highest BCUT2D eigenvalue weighted by Gasteiger charge is 2.29. The van der Waals surface area contributed by atoms with Gasteiger partial charge >= 0.3 is 0 Å². The number of fused-ring (bicyclic) bond motifs is 1. The molecule has 2 aromatic rings. The van der Waals surface area contributed by atoms with E-state index in [-0.39, 0.29) is 5.95 Å². The Morgan fingerprint density at radius 3 is 2.78 bits per heavy atom. The molecule has 0 saturated heterocycles. The van der Waals surface area contributed by atoms with Crippen molar-refractivity contribution < 1.29 is 0 Å². The van der Waals surface area contributed by atoms with Crippen LogP contribution in [-0.2, 0) is 0 Å². The number of nitrogen functional groups attached to an aromatic ring is 1. The van der Waals surface area contributed by atoms with E-state index in [2.05, 4.69) is 34.1 Å². The fourth-order valence-electron chi connectivity index (χ4n) is 2.63. The van der Waals surface area contributed by atoms with Crippen molar-refractivity contribution in [3.63, 3.8) is 0 Å². The Bertz CT molecular complexity index is 563. The van der Waals surface area contributed by atoms with Crippen molar-refractivity contribution in [2.45, 2.75) is 45.6 Å². The summed E-state index contributed by atoms with van der Waals surface area (Å²) < 4.78 is 1.92. The Hall–Kier alpha value is -1.72. The van der Waals surface area contributed by atoms with Crippen LogP contribution in [0.3, 0.4) is 0 Å². The van der Waals surface area contributed by atoms with Gasteiger partial charge in [0.2, 0.25) is 5.95 Å². The molecule has 2 heterocycles. The molecule has 0 amide bonds. The van der Waals surface area contributed by atoms with Gasteiger partial charge in [-0.15, -0.1) is 5.10 Å². The topological polar surface area (TPSA) is 82.5 Å². The highest BCUT2D eigenvalue weighted by atomic mass is 15.5. The second-order valence-electron chi connectivity index (χ2n) is 5.87. The average Bonchev–Trinajstić information content (AvgIpc) is 2.72. The van der Waals surface area contributed by atoms with Crippen LogP contribution >= 0.6 is 0 Å². The van der Waals surface area contributed by atoms with E-state index in [1.807, 2.05) is 4.68 Å². The zero-order chi connectivity index (χ0) is 12.8. The average molecular weight is 246 g/mol. The quantitative estimate of drug-likeness (QED) is 0.831.